The Hall–Kier alpha value is -2.21. The highest BCUT2D eigenvalue weighted by molar-refractivity contribution is 5.78. The molecule has 1 saturated heterocycles. The number of rotatable bonds is 2. The van der Waals surface area contributed by atoms with Gasteiger partial charge >= 0.3 is 0 Å². The molecule has 6 heteroatoms. The second-order valence-electron chi connectivity index (χ2n) is 4.15. The molecule has 1 unspecified atom stereocenters. The average Bonchev–Trinajstić information content (AvgIpc) is 2.90. The van der Waals surface area contributed by atoms with Gasteiger partial charge in [-0.1, -0.05) is 30.3 Å². The summed E-state index contributed by atoms with van der Waals surface area (Å²) in [7, 11) is 0. The van der Waals surface area contributed by atoms with Crippen molar-refractivity contribution >= 4 is 5.91 Å². The summed E-state index contributed by atoms with van der Waals surface area (Å²) >= 11 is 0. The van der Waals surface area contributed by atoms with Gasteiger partial charge in [0.25, 0.3) is 0 Å². The van der Waals surface area contributed by atoms with Crippen LogP contribution in [0.3, 0.4) is 0 Å². The van der Waals surface area contributed by atoms with E-state index in [0.29, 0.717) is 18.9 Å². The maximum Gasteiger partial charge on any atom is 0.234 e. The van der Waals surface area contributed by atoms with E-state index in [9.17, 15) is 4.79 Å². The highest BCUT2D eigenvalue weighted by atomic mass is 16.2. The van der Waals surface area contributed by atoms with E-state index in [1.54, 1.807) is 0 Å². The van der Waals surface area contributed by atoms with Crippen LogP contribution in [0, 0.1) is 0 Å². The summed E-state index contributed by atoms with van der Waals surface area (Å²) in [6, 6.07) is 9.77. The molecular formula is C12H13N5O. The Labute approximate surface area is 104 Å². The van der Waals surface area contributed by atoms with Crippen LogP contribution < -0.4 is 10.6 Å². The molecule has 92 valence electrons. The molecule has 1 amide bonds. The number of carbonyl (C=O) groups excluding carboxylic acids is 1. The van der Waals surface area contributed by atoms with E-state index in [1.165, 1.54) is 0 Å². The number of nitrogens with zero attached hydrogens (tertiary/aromatic N) is 2. The van der Waals surface area contributed by atoms with E-state index in [0.717, 1.165) is 11.4 Å². The highest BCUT2D eigenvalue weighted by Crippen LogP contribution is 2.16. The first-order chi connectivity index (χ1) is 8.83. The number of benzene rings is 1. The molecule has 0 aliphatic carbocycles. The van der Waals surface area contributed by atoms with Crippen LogP contribution in [0.2, 0.25) is 0 Å². The fraction of sp³-hybridized carbons (Fsp3) is 0.250. The Bertz CT molecular complexity index is 541. The van der Waals surface area contributed by atoms with Crippen LogP contribution in [0.5, 0.6) is 0 Å². The molecular weight excluding hydrogens is 230 g/mol. The Balaban J connectivity index is 1.80. The normalized spacial score (nSPS) is 19.6. The molecule has 1 fully saturated rings. The van der Waals surface area contributed by atoms with Crippen molar-refractivity contribution in [3.05, 3.63) is 36.2 Å². The van der Waals surface area contributed by atoms with Gasteiger partial charge in [-0.3, -0.25) is 15.2 Å². The van der Waals surface area contributed by atoms with Crippen molar-refractivity contribution in [1.82, 2.24) is 25.8 Å². The van der Waals surface area contributed by atoms with E-state index in [4.69, 9.17) is 0 Å². The van der Waals surface area contributed by atoms with Gasteiger partial charge in [-0.05, 0) is 0 Å². The van der Waals surface area contributed by atoms with Crippen LogP contribution in [0.1, 0.15) is 11.9 Å². The minimum Gasteiger partial charge on any atom is -0.353 e. The summed E-state index contributed by atoms with van der Waals surface area (Å²) in [5.41, 5.74) is 0.972. The molecule has 3 rings (SSSR count). The standard InChI is InChI=1S/C12H13N5O/c18-10-7-13-9(6-14-10)12-15-11(16-17-12)8-4-2-1-3-5-8/h1-5,9,13H,6-7H2,(H,14,18)(H,15,16,17). The van der Waals surface area contributed by atoms with E-state index in [1.807, 2.05) is 30.3 Å². The minimum atomic E-state index is -0.00679. The number of nitrogens with one attached hydrogen (secondary N) is 3. The van der Waals surface area contributed by atoms with Gasteiger partial charge in [0.1, 0.15) is 5.82 Å². The molecule has 1 aliphatic rings. The molecule has 0 bridgehead atoms. The maximum atomic E-state index is 11.0. The molecule has 0 spiro atoms. The Morgan fingerprint density at radius 3 is 2.78 bits per heavy atom. The summed E-state index contributed by atoms with van der Waals surface area (Å²) in [4.78, 5) is 15.5. The molecule has 1 aliphatic heterocycles. The van der Waals surface area contributed by atoms with Gasteiger partial charge in [0.15, 0.2) is 5.82 Å². The van der Waals surface area contributed by atoms with Crippen molar-refractivity contribution in [1.29, 1.82) is 0 Å². The van der Waals surface area contributed by atoms with Gasteiger partial charge in [-0.2, -0.15) is 5.10 Å². The predicted octanol–water partition coefficient (Wildman–Crippen LogP) is 0.232. The Morgan fingerprint density at radius 2 is 2.06 bits per heavy atom. The van der Waals surface area contributed by atoms with Gasteiger partial charge < -0.3 is 5.32 Å². The molecule has 1 aromatic carbocycles. The molecule has 3 N–H and O–H groups in total. The van der Waals surface area contributed by atoms with Crippen molar-refractivity contribution in [3.63, 3.8) is 0 Å². The molecule has 2 heterocycles. The van der Waals surface area contributed by atoms with E-state index in [-0.39, 0.29) is 11.9 Å². The number of carbonyl (C=O) groups is 1. The van der Waals surface area contributed by atoms with Gasteiger partial charge in [-0.15, -0.1) is 0 Å². The third-order valence-electron chi connectivity index (χ3n) is 2.88. The number of H-pyrrole nitrogens is 1. The monoisotopic (exact) mass is 243 g/mol. The average molecular weight is 243 g/mol. The quantitative estimate of drug-likeness (QED) is 0.705. The van der Waals surface area contributed by atoms with Crippen molar-refractivity contribution < 1.29 is 4.79 Å². The summed E-state index contributed by atoms with van der Waals surface area (Å²) in [6.45, 7) is 0.842. The number of piperazine rings is 1. The Morgan fingerprint density at radius 1 is 1.22 bits per heavy atom. The van der Waals surface area contributed by atoms with Crippen LogP contribution in [0.4, 0.5) is 0 Å². The molecule has 1 aromatic heterocycles. The number of hydrogen-bond donors (Lipinski definition) is 3. The van der Waals surface area contributed by atoms with Gasteiger partial charge in [0.2, 0.25) is 5.91 Å². The van der Waals surface area contributed by atoms with Gasteiger partial charge in [0, 0.05) is 12.1 Å². The number of aromatic nitrogens is 3. The minimum absolute atomic E-state index is 0.00679. The lowest BCUT2D eigenvalue weighted by atomic mass is 10.2. The zero-order valence-electron chi connectivity index (χ0n) is 9.68. The van der Waals surface area contributed by atoms with E-state index >= 15 is 0 Å². The van der Waals surface area contributed by atoms with Crippen molar-refractivity contribution in [2.45, 2.75) is 6.04 Å². The fourth-order valence-corrected chi connectivity index (χ4v) is 1.91. The SMILES string of the molecule is O=C1CNC(c2nc(-c3ccccc3)n[nH]2)CN1. The predicted molar refractivity (Wildman–Crippen MR) is 65.6 cm³/mol. The zero-order valence-corrected chi connectivity index (χ0v) is 9.68. The molecule has 18 heavy (non-hydrogen) atoms. The number of hydrogen-bond acceptors (Lipinski definition) is 4. The van der Waals surface area contributed by atoms with Gasteiger partial charge in [0.05, 0.1) is 12.6 Å². The van der Waals surface area contributed by atoms with E-state index < -0.39 is 0 Å². The topological polar surface area (TPSA) is 82.7 Å². The largest absolute Gasteiger partial charge is 0.353 e. The molecule has 0 saturated carbocycles. The van der Waals surface area contributed by atoms with Gasteiger partial charge in [-0.25, -0.2) is 4.98 Å². The lowest BCUT2D eigenvalue weighted by Gasteiger charge is -2.21. The summed E-state index contributed by atoms with van der Waals surface area (Å²) in [6.07, 6.45) is 0. The Kier molecular flexibility index (Phi) is 2.77. The summed E-state index contributed by atoms with van der Waals surface area (Å²) in [5.74, 6) is 1.42. The van der Waals surface area contributed by atoms with E-state index in [2.05, 4.69) is 25.8 Å². The first-order valence-electron chi connectivity index (χ1n) is 5.81. The maximum absolute atomic E-state index is 11.0. The summed E-state index contributed by atoms with van der Waals surface area (Å²) in [5, 5.41) is 13.0. The molecule has 1 atom stereocenters. The van der Waals surface area contributed by atoms with Crippen molar-refractivity contribution in [3.8, 4) is 11.4 Å². The van der Waals surface area contributed by atoms with Crippen LogP contribution in [0.25, 0.3) is 11.4 Å². The van der Waals surface area contributed by atoms with Crippen molar-refractivity contribution in [2.24, 2.45) is 0 Å². The fourth-order valence-electron chi connectivity index (χ4n) is 1.91. The second kappa shape index (κ2) is 4.58. The molecule has 0 radical (unpaired) electrons. The highest BCUT2D eigenvalue weighted by Gasteiger charge is 2.21. The molecule has 2 aromatic rings. The lowest BCUT2D eigenvalue weighted by molar-refractivity contribution is -0.121. The van der Waals surface area contributed by atoms with Crippen LogP contribution in [-0.4, -0.2) is 34.2 Å². The smallest absolute Gasteiger partial charge is 0.234 e. The summed E-state index contributed by atoms with van der Waals surface area (Å²) < 4.78 is 0. The zero-order chi connectivity index (χ0) is 12.4. The van der Waals surface area contributed by atoms with Crippen LogP contribution in [0.15, 0.2) is 30.3 Å². The number of aromatic amines is 1. The number of amides is 1. The second-order valence-corrected chi connectivity index (χ2v) is 4.15. The van der Waals surface area contributed by atoms with Crippen molar-refractivity contribution in [2.75, 3.05) is 13.1 Å². The van der Waals surface area contributed by atoms with Crippen LogP contribution in [-0.2, 0) is 4.79 Å². The third kappa shape index (κ3) is 2.10. The lowest BCUT2D eigenvalue weighted by Crippen LogP contribution is -2.47. The first kappa shape index (κ1) is 10.9. The third-order valence-corrected chi connectivity index (χ3v) is 2.88. The first-order valence-corrected chi connectivity index (χ1v) is 5.81. The van der Waals surface area contributed by atoms with Crippen LogP contribution >= 0.6 is 0 Å². The molecule has 6 nitrogen and oxygen atoms in total.